The molecule has 0 saturated carbocycles. The van der Waals surface area contributed by atoms with Crippen molar-refractivity contribution in [2.75, 3.05) is 0 Å². The van der Waals surface area contributed by atoms with Crippen LogP contribution in [-0.4, -0.2) is 5.11 Å². The van der Waals surface area contributed by atoms with E-state index in [9.17, 15) is 9.90 Å². The SMILES string of the molecule is CC.Cc1ccc2oc(=O)cc(O)c2c1. The smallest absolute Gasteiger partial charge is 0.339 e. The van der Waals surface area contributed by atoms with Gasteiger partial charge in [0, 0.05) is 0 Å². The van der Waals surface area contributed by atoms with Crippen molar-refractivity contribution in [1.29, 1.82) is 0 Å². The Bertz CT molecular complexity index is 512. The second-order valence-electron chi connectivity index (χ2n) is 2.95. The highest BCUT2D eigenvalue weighted by molar-refractivity contribution is 5.83. The van der Waals surface area contributed by atoms with Gasteiger partial charge < -0.3 is 9.52 Å². The molecule has 1 N–H and O–H groups in total. The van der Waals surface area contributed by atoms with Crippen molar-refractivity contribution in [1.82, 2.24) is 0 Å². The lowest BCUT2D eigenvalue weighted by atomic mass is 10.1. The standard InChI is InChI=1S/C10H8O3.C2H6/c1-6-2-3-9-7(4-6)8(11)5-10(12)13-9;1-2/h2-5,11H,1H3;1-2H3. The Morgan fingerprint density at radius 2 is 1.87 bits per heavy atom. The summed E-state index contributed by atoms with van der Waals surface area (Å²) in [7, 11) is 0. The predicted molar refractivity (Wildman–Crippen MR) is 60.2 cm³/mol. The highest BCUT2D eigenvalue weighted by Crippen LogP contribution is 2.22. The Morgan fingerprint density at radius 3 is 2.53 bits per heavy atom. The fourth-order valence-electron chi connectivity index (χ4n) is 1.26. The molecule has 0 radical (unpaired) electrons. The van der Waals surface area contributed by atoms with E-state index in [0.29, 0.717) is 11.0 Å². The first-order valence-electron chi connectivity index (χ1n) is 4.90. The first-order valence-corrected chi connectivity index (χ1v) is 4.90. The van der Waals surface area contributed by atoms with E-state index < -0.39 is 5.63 Å². The van der Waals surface area contributed by atoms with Crippen LogP contribution in [0.4, 0.5) is 0 Å². The monoisotopic (exact) mass is 206 g/mol. The van der Waals surface area contributed by atoms with Gasteiger partial charge in [0.15, 0.2) is 0 Å². The van der Waals surface area contributed by atoms with Crippen molar-refractivity contribution in [3.05, 3.63) is 40.2 Å². The maximum absolute atomic E-state index is 10.9. The Hall–Kier alpha value is -1.77. The maximum Gasteiger partial charge on any atom is 0.339 e. The molecule has 0 aliphatic rings. The van der Waals surface area contributed by atoms with Crippen LogP contribution in [0, 0.1) is 6.92 Å². The number of rotatable bonds is 0. The summed E-state index contributed by atoms with van der Waals surface area (Å²) in [6.07, 6.45) is 0. The van der Waals surface area contributed by atoms with E-state index in [4.69, 9.17) is 4.42 Å². The van der Waals surface area contributed by atoms with Crippen LogP contribution in [0.25, 0.3) is 11.0 Å². The first-order chi connectivity index (χ1) is 7.16. The van der Waals surface area contributed by atoms with Gasteiger partial charge in [-0.05, 0) is 19.1 Å². The topological polar surface area (TPSA) is 50.4 Å². The second-order valence-corrected chi connectivity index (χ2v) is 2.95. The van der Waals surface area contributed by atoms with Gasteiger partial charge in [-0.1, -0.05) is 25.5 Å². The van der Waals surface area contributed by atoms with Crippen molar-refractivity contribution in [3.8, 4) is 5.75 Å². The molecule has 0 unspecified atom stereocenters. The summed E-state index contributed by atoms with van der Waals surface area (Å²) in [4.78, 5) is 10.9. The minimum absolute atomic E-state index is 0.0325. The van der Waals surface area contributed by atoms with E-state index in [1.807, 2.05) is 26.8 Å². The lowest BCUT2D eigenvalue weighted by molar-refractivity contribution is 0.468. The lowest BCUT2D eigenvalue weighted by Crippen LogP contribution is -1.95. The fraction of sp³-hybridized carbons (Fsp3) is 0.250. The first kappa shape index (κ1) is 11.3. The molecule has 3 heteroatoms. The van der Waals surface area contributed by atoms with Gasteiger partial charge in [0.05, 0.1) is 11.5 Å². The van der Waals surface area contributed by atoms with Crippen LogP contribution in [0.1, 0.15) is 19.4 Å². The molecule has 0 spiro atoms. The molecule has 3 nitrogen and oxygen atoms in total. The van der Waals surface area contributed by atoms with E-state index in [2.05, 4.69) is 0 Å². The molecule has 0 bridgehead atoms. The Morgan fingerprint density at radius 1 is 1.20 bits per heavy atom. The van der Waals surface area contributed by atoms with Gasteiger partial charge in [-0.3, -0.25) is 0 Å². The molecular formula is C12H14O3. The molecule has 0 amide bonds. The Kier molecular flexibility index (Phi) is 3.50. The summed E-state index contributed by atoms with van der Waals surface area (Å²) in [5, 5.41) is 9.99. The quantitative estimate of drug-likeness (QED) is 0.674. The van der Waals surface area contributed by atoms with Crippen molar-refractivity contribution in [2.24, 2.45) is 0 Å². The predicted octanol–water partition coefficient (Wildman–Crippen LogP) is 2.83. The van der Waals surface area contributed by atoms with Gasteiger partial charge in [0.1, 0.15) is 11.3 Å². The molecule has 15 heavy (non-hydrogen) atoms. The van der Waals surface area contributed by atoms with Crippen molar-refractivity contribution in [2.45, 2.75) is 20.8 Å². The summed E-state index contributed by atoms with van der Waals surface area (Å²) in [6, 6.07) is 6.34. The van der Waals surface area contributed by atoms with E-state index in [-0.39, 0.29) is 5.75 Å². The lowest BCUT2D eigenvalue weighted by Gasteiger charge is -1.99. The molecule has 2 aromatic rings. The van der Waals surface area contributed by atoms with Crippen LogP contribution in [-0.2, 0) is 0 Å². The molecule has 0 fully saturated rings. The Balaban J connectivity index is 0.000000531. The number of hydrogen-bond donors (Lipinski definition) is 1. The normalized spacial score (nSPS) is 9.53. The molecule has 1 aromatic carbocycles. The van der Waals surface area contributed by atoms with Gasteiger partial charge in [0.25, 0.3) is 0 Å². The average Bonchev–Trinajstić information content (AvgIpc) is 2.22. The number of benzene rings is 1. The van der Waals surface area contributed by atoms with Crippen molar-refractivity contribution in [3.63, 3.8) is 0 Å². The largest absolute Gasteiger partial charge is 0.507 e. The summed E-state index contributed by atoms with van der Waals surface area (Å²) in [5.41, 5.74) is 0.890. The van der Waals surface area contributed by atoms with Crippen LogP contribution in [0.5, 0.6) is 5.75 Å². The molecule has 0 aliphatic carbocycles. The molecule has 0 atom stereocenters. The molecule has 0 saturated heterocycles. The number of aryl methyl sites for hydroxylation is 1. The third-order valence-corrected chi connectivity index (χ3v) is 1.88. The van der Waals surface area contributed by atoms with Gasteiger partial charge in [0.2, 0.25) is 0 Å². The summed E-state index contributed by atoms with van der Waals surface area (Å²) < 4.78 is 4.88. The average molecular weight is 206 g/mol. The van der Waals surface area contributed by atoms with E-state index in [1.165, 1.54) is 0 Å². The van der Waals surface area contributed by atoms with E-state index >= 15 is 0 Å². The summed E-state index contributed by atoms with van der Waals surface area (Å²) in [6.45, 7) is 5.91. The van der Waals surface area contributed by atoms with Gasteiger partial charge in [-0.15, -0.1) is 0 Å². The van der Waals surface area contributed by atoms with Crippen LogP contribution in [0.2, 0.25) is 0 Å². The van der Waals surface area contributed by atoms with E-state index in [1.54, 1.807) is 12.1 Å². The van der Waals surface area contributed by atoms with Crippen LogP contribution in [0.3, 0.4) is 0 Å². The van der Waals surface area contributed by atoms with Gasteiger partial charge in [-0.25, -0.2) is 4.79 Å². The van der Waals surface area contributed by atoms with Crippen LogP contribution in [0.15, 0.2) is 33.5 Å². The highest BCUT2D eigenvalue weighted by atomic mass is 16.4. The highest BCUT2D eigenvalue weighted by Gasteiger charge is 2.03. The van der Waals surface area contributed by atoms with Crippen molar-refractivity contribution >= 4 is 11.0 Å². The molecule has 2 rings (SSSR count). The van der Waals surface area contributed by atoms with Crippen LogP contribution < -0.4 is 5.63 Å². The minimum Gasteiger partial charge on any atom is -0.507 e. The molecule has 1 aromatic heterocycles. The van der Waals surface area contributed by atoms with Gasteiger partial charge >= 0.3 is 5.63 Å². The van der Waals surface area contributed by atoms with Gasteiger partial charge in [-0.2, -0.15) is 0 Å². The number of hydrogen-bond acceptors (Lipinski definition) is 3. The third kappa shape index (κ3) is 2.37. The second kappa shape index (κ2) is 4.64. The zero-order valence-electron chi connectivity index (χ0n) is 9.07. The molecule has 0 aliphatic heterocycles. The third-order valence-electron chi connectivity index (χ3n) is 1.88. The minimum atomic E-state index is -0.533. The van der Waals surface area contributed by atoms with Crippen LogP contribution >= 0.6 is 0 Å². The molecule has 1 heterocycles. The molecular weight excluding hydrogens is 192 g/mol. The fourth-order valence-corrected chi connectivity index (χ4v) is 1.26. The maximum atomic E-state index is 10.9. The summed E-state index contributed by atoms with van der Waals surface area (Å²) >= 11 is 0. The molecule has 80 valence electrons. The number of fused-ring (bicyclic) bond motifs is 1. The zero-order valence-corrected chi connectivity index (χ0v) is 9.07. The Labute approximate surface area is 88.0 Å². The zero-order chi connectivity index (χ0) is 11.4. The number of aromatic hydroxyl groups is 1. The van der Waals surface area contributed by atoms with E-state index in [0.717, 1.165) is 11.6 Å². The summed E-state index contributed by atoms with van der Waals surface area (Å²) in [5.74, 6) is -0.0325. The van der Waals surface area contributed by atoms with Crippen molar-refractivity contribution < 1.29 is 9.52 Å².